The molecule has 0 saturated heterocycles. The quantitative estimate of drug-likeness (QED) is 0.804. The van der Waals surface area contributed by atoms with Crippen LogP contribution in [0.25, 0.3) is 0 Å². The Hall–Kier alpha value is -0.610. The maximum absolute atomic E-state index is 5.62. The van der Waals surface area contributed by atoms with Gasteiger partial charge in [-0.3, -0.25) is 4.90 Å². The summed E-state index contributed by atoms with van der Waals surface area (Å²) in [6, 6.07) is 0. The summed E-state index contributed by atoms with van der Waals surface area (Å²) in [5.74, 6) is 0. The van der Waals surface area contributed by atoms with Gasteiger partial charge in [0.15, 0.2) is 5.13 Å². The van der Waals surface area contributed by atoms with Gasteiger partial charge in [-0.05, 0) is 13.0 Å². The number of hydrogen-bond donors (Lipinski definition) is 1. The Bertz CT molecular complexity index is 272. The largest absolute Gasteiger partial charge is 0.375 e. The van der Waals surface area contributed by atoms with Crippen LogP contribution in [-0.4, -0.2) is 16.4 Å². The van der Waals surface area contributed by atoms with E-state index in [1.54, 1.807) is 11.3 Å². The maximum Gasteiger partial charge on any atom is 0.180 e. The van der Waals surface area contributed by atoms with E-state index in [0.717, 1.165) is 18.2 Å². The zero-order valence-corrected chi connectivity index (χ0v) is 8.73. The van der Waals surface area contributed by atoms with Crippen LogP contribution < -0.4 is 5.73 Å². The topological polar surface area (TPSA) is 42.2 Å². The Morgan fingerprint density at radius 3 is 3.08 bits per heavy atom. The van der Waals surface area contributed by atoms with Gasteiger partial charge in [0, 0.05) is 18.0 Å². The number of nitrogen functional groups attached to an aromatic ring is 1. The summed E-state index contributed by atoms with van der Waals surface area (Å²) in [5, 5.41) is 0.722. The van der Waals surface area contributed by atoms with Crippen LogP contribution in [0.3, 0.4) is 0 Å². The molecule has 2 heterocycles. The standard InChI is InChI=1S/C9H15N3S/c1-2-3-4-12-5-7-8(6-12)13-9(10)11-7/h2-6H2,1H3,(H2,10,11). The highest BCUT2D eigenvalue weighted by Gasteiger charge is 2.21. The van der Waals surface area contributed by atoms with Crippen molar-refractivity contribution in [3.63, 3.8) is 0 Å². The van der Waals surface area contributed by atoms with Gasteiger partial charge in [-0.15, -0.1) is 11.3 Å². The van der Waals surface area contributed by atoms with Crippen molar-refractivity contribution < 1.29 is 0 Å². The summed E-state index contributed by atoms with van der Waals surface area (Å²) in [7, 11) is 0. The average molecular weight is 197 g/mol. The number of anilines is 1. The molecule has 0 saturated carbocycles. The highest BCUT2D eigenvalue weighted by molar-refractivity contribution is 7.15. The second-order valence-corrected chi connectivity index (χ2v) is 4.60. The molecule has 1 aliphatic rings. The second kappa shape index (κ2) is 3.64. The van der Waals surface area contributed by atoms with Crippen LogP contribution in [0.2, 0.25) is 0 Å². The normalized spacial score (nSPS) is 16.4. The van der Waals surface area contributed by atoms with Crippen LogP contribution in [0.1, 0.15) is 30.3 Å². The molecule has 0 aromatic carbocycles. The molecule has 2 rings (SSSR count). The molecule has 0 fully saturated rings. The fourth-order valence-corrected chi connectivity index (χ4v) is 2.54. The number of fused-ring (bicyclic) bond motifs is 1. The van der Waals surface area contributed by atoms with Gasteiger partial charge in [0.25, 0.3) is 0 Å². The zero-order valence-electron chi connectivity index (χ0n) is 7.92. The average Bonchev–Trinajstić information content (AvgIpc) is 2.57. The van der Waals surface area contributed by atoms with Gasteiger partial charge in [-0.1, -0.05) is 13.3 Å². The zero-order chi connectivity index (χ0) is 9.26. The van der Waals surface area contributed by atoms with E-state index >= 15 is 0 Å². The molecule has 0 amide bonds. The number of thiazole rings is 1. The Kier molecular flexibility index (Phi) is 2.51. The van der Waals surface area contributed by atoms with E-state index < -0.39 is 0 Å². The first kappa shape index (κ1) is 8.97. The lowest BCUT2D eigenvalue weighted by atomic mass is 10.3. The highest BCUT2D eigenvalue weighted by atomic mass is 32.1. The van der Waals surface area contributed by atoms with Crippen molar-refractivity contribution >= 4 is 16.5 Å². The van der Waals surface area contributed by atoms with Crippen molar-refractivity contribution in [3.05, 3.63) is 10.6 Å². The van der Waals surface area contributed by atoms with Crippen molar-refractivity contribution in [2.45, 2.75) is 32.9 Å². The molecule has 0 radical (unpaired) electrons. The number of hydrogen-bond acceptors (Lipinski definition) is 4. The van der Waals surface area contributed by atoms with Crippen LogP contribution in [-0.2, 0) is 13.1 Å². The number of aromatic nitrogens is 1. The molecule has 0 atom stereocenters. The summed E-state index contributed by atoms with van der Waals surface area (Å²) in [6.07, 6.45) is 2.55. The van der Waals surface area contributed by atoms with Crippen molar-refractivity contribution in [3.8, 4) is 0 Å². The smallest absolute Gasteiger partial charge is 0.180 e. The van der Waals surface area contributed by atoms with E-state index in [0.29, 0.717) is 0 Å². The molecule has 72 valence electrons. The summed E-state index contributed by atoms with van der Waals surface area (Å²) >= 11 is 1.64. The third-order valence-electron chi connectivity index (χ3n) is 2.36. The Labute approximate surface area is 82.6 Å². The maximum atomic E-state index is 5.62. The van der Waals surface area contributed by atoms with Crippen LogP contribution in [0.5, 0.6) is 0 Å². The fraction of sp³-hybridized carbons (Fsp3) is 0.667. The van der Waals surface area contributed by atoms with Gasteiger partial charge >= 0.3 is 0 Å². The Morgan fingerprint density at radius 1 is 1.54 bits per heavy atom. The molecule has 13 heavy (non-hydrogen) atoms. The lowest BCUT2D eigenvalue weighted by molar-refractivity contribution is 0.278. The molecular weight excluding hydrogens is 182 g/mol. The fourth-order valence-electron chi connectivity index (χ4n) is 1.66. The van der Waals surface area contributed by atoms with Gasteiger partial charge in [0.2, 0.25) is 0 Å². The van der Waals surface area contributed by atoms with Crippen molar-refractivity contribution in [2.75, 3.05) is 12.3 Å². The molecule has 0 unspecified atom stereocenters. The Balaban J connectivity index is 1.95. The third-order valence-corrected chi connectivity index (χ3v) is 3.27. The molecule has 1 aromatic heterocycles. The van der Waals surface area contributed by atoms with Crippen LogP contribution in [0, 0.1) is 0 Å². The van der Waals surface area contributed by atoms with Gasteiger partial charge in [0.05, 0.1) is 5.69 Å². The first-order valence-corrected chi connectivity index (χ1v) is 5.57. The third kappa shape index (κ3) is 1.84. The van der Waals surface area contributed by atoms with Crippen LogP contribution >= 0.6 is 11.3 Å². The van der Waals surface area contributed by atoms with Crippen LogP contribution in [0.4, 0.5) is 5.13 Å². The first-order chi connectivity index (χ1) is 6.29. The SMILES string of the molecule is CCCCN1Cc2nc(N)sc2C1. The lowest BCUT2D eigenvalue weighted by Crippen LogP contribution is -2.17. The number of nitrogens with two attached hydrogens (primary N) is 1. The van der Waals surface area contributed by atoms with E-state index in [1.807, 2.05) is 0 Å². The molecule has 4 heteroatoms. The molecule has 0 spiro atoms. The number of unbranched alkanes of at least 4 members (excludes halogenated alkanes) is 1. The molecule has 0 aliphatic carbocycles. The van der Waals surface area contributed by atoms with Crippen LogP contribution in [0.15, 0.2) is 0 Å². The van der Waals surface area contributed by atoms with E-state index in [9.17, 15) is 0 Å². The van der Waals surface area contributed by atoms with Gasteiger partial charge in [-0.2, -0.15) is 0 Å². The summed E-state index contributed by atoms with van der Waals surface area (Å²) in [6.45, 7) is 5.48. The predicted molar refractivity (Wildman–Crippen MR) is 55.5 cm³/mol. The molecule has 2 N–H and O–H groups in total. The summed E-state index contributed by atoms with van der Waals surface area (Å²) < 4.78 is 0. The van der Waals surface area contributed by atoms with Crippen molar-refractivity contribution in [1.29, 1.82) is 0 Å². The number of nitrogens with zero attached hydrogens (tertiary/aromatic N) is 2. The van der Waals surface area contributed by atoms with Gasteiger partial charge in [-0.25, -0.2) is 4.98 Å². The van der Waals surface area contributed by atoms with Crippen molar-refractivity contribution in [1.82, 2.24) is 9.88 Å². The molecular formula is C9H15N3S. The second-order valence-electron chi connectivity index (χ2n) is 3.49. The molecule has 3 nitrogen and oxygen atoms in total. The lowest BCUT2D eigenvalue weighted by Gasteiger charge is -2.13. The van der Waals surface area contributed by atoms with E-state index in [2.05, 4.69) is 16.8 Å². The number of rotatable bonds is 3. The minimum absolute atomic E-state index is 0.722. The molecule has 1 aromatic rings. The Morgan fingerprint density at radius 2 is 2.38 bits per heavy atom. The molecule has 0 bridgehead atoms. The van der Waals surface area contributed by atoms with E-state index in [4.69, 9.17) is 5.73 Å². The van der Waals surface area contributed by atoms with E-state index in [1.165, 1.54) is 30.0 Å². The first-order valence-electron chi connectivity index (χ1n) is 4.76. The monoisotopic (exact) mass is 197 g/mol. The van der Waals surface area contributed by atoms with Gasteiger partial charge in [0.1, 0.15) is 0 Å². The minimum atomic E-state index is 0.722. The predicted octanol–water partition coefficient (Wildman–Crippen LogP) is 1.84. The molecule has 1 aliphatic heterocycles. The summed E-state index contributed by atoms with van der Waals surface area (Å²) in [4.78, 5) is 8.11. The van der Waals surface area contributed by atoms with Gasteiger partial charge < -0.3 is 5.73 Å². The summed E-state index contributed by atoms with van der Waals surface area (Å²) in [5.41, 5.74) is 6.83. The highest BCUT2D eigenvalue weighted by Crippen LogP contribution is 2.29. The van der Waals surface area contributed by atoms with Crippen molar-refractivity contribution in [2.24, 2.45) is 0 Å². The minimum Gasteiger partial charge on any atom is -0.375 e. The van der Waals surface area contributed by atoms with E-state index in [-0.39, 0.29) is 0 Å².